The number of aryl methyl sites for hydroxylation is 1. The number of methoxy groups -OCH3 is 1. The molecule has 0 aliphatic carbocycles. The van der Waals surface area contributed by atoms with Gasteiger partial charge in [-0.3, -0.25) is 14.2 Å². The summed E-state index contributed by atoms with van der Waals surface area (Å²) in [5.74, 6) is -0.715. The van der Waals surface area contributed by atoms with E-state index in [4.69, 9.17) is 4.74 Å². The van der Waals surface area contributed by atoms with Crippen molar-refractivity contribution >= 4 is 19.2 Å². The third-order valence-electron chi connectivity index (χ3n) is 7.18. The number of amides is 2. The quantitative estimate of drug-likeness (QED) is 0.230. The molecule has 8 heteroatoms. The Morgan fingerprint density at radius 1 is 0.854 bits per heavy atom. The van der Waals surface area contributed by atoms with Gasteiger partial charge < -0.3 is 20.3 Å². The van der Waals surface area contributed by atoms with E-state index in [1.807, 2.05) is 87.5 Å². The third-order valence-corrected chi connectivity index (χ3v) is 9.05. The summed E-state index contributed by atoms with van der Waals surface area (Å²) in [7, 11) is -0.607. The molecule has 3 atom stereocenters. The Morgan fingerprint density at radius 2 is 1.41 bits per heavy atom. The van der Waals surface area contributed by atoms with Crippen LogP contribution >= 0.6 is 7.37 Å². The van der Waals surface area contributed by atoms with Crippen LogP contribution in [0.25, 0.3) is 0 Å². The third kappa shape index (κ3) is 10.2. The van der Waals surface area contributed by atoms with Crippen LogP contribution in [-0.4, -0.2) is 43.1 Å². The predicted octanol–water partition coefficient (Wildman–Crippen LogP) is 5.58. The van der Waals surface area contributed by atoms with Gasteiger partial charge in [0.1, 0.15) is 11.8 Å². The molecule has 41 heavy (non-hydrogen) atoms. The Bertz CT molecular complexity index is 1320. The second-order valence-electron chi connectivity index (χ2n) is 11.7. The first-order valence-electron chi connectivity index (χ1n) is 14.0. The highest BCUT2D eigenvalue weighted by Gasteiger charge is 2.36. The van der Waals surface area contributed by atoms with Gasteiger partial charge >= 0.3 is 0 Å². The fourth-order valence-corrected chi connectivity index (χ4v) is 6.75. The summed E-state index contributed by atoms with van der Waals surface area (Å²) in [6.45, 7) is 5.62. The first-order chi connectivity index (χ1) is 19.4. The zero-order chi connectivity index (χ0) is 30.0. The lowest BCUT2D eigenvalue weighted by atomic mass is 9.85. The minimum atomic E-state index is -3.74. The van der Waals surface area contributed by atoms with Gasteiger partial charge in [0.05, 0.1) is 7.11 Å². The lowest BCUT2D eigenvalue weighted by Crippen LogP contribution is -2.54. The van der Waals surface area contributed by atoms with Crippen molar-refractivity contribution in [1.29, 1.82) is 0 Å². The molecule has 0 heterocycles. The smallest absolute Gasteiger partial charge is 0.242 e. The van der Waals surface area contributed by atoms with Crippen LogP contribution in [0.5, 0.6) is 5.75 Å². The van der Waals surface area contributed by atoms with Gasteiger partial charge in [-0.05, 0) is 59.1 Å². The van der Waals surface area contributed by atoms with E-state index in [2.05, 4.69) is 22.8 Å². The summed E-state index contributed by atoms with van der Waals surface area (Å²) in [5.41, 5.74) is 3.51. The number of carbonyl (C=O) groups is 2. The Balaban J connectivity index is 1.75. The van der Waals surface area contributed by atoms with Crippen molar-refractivity contribution < 1.29 is 23.8 Å². The van der Waals surface area contributed by atoms with E-state index in [-0.39, 0.29) is 18.2 Å². The summed E-state index contributed by atoms with van der Waals surface area (Å²) >= 11 is 0. The summed E-state index contributed by atoms with van der Waals surface area (Å²) < 4.78 is 18.8. The van der Waals surface area contributed by atoms with Gasteiger partial charge in [0.2, 0.25) is 19.2 Å². The van der Waals surface area contributed by atoms with Gasteiger partial charge in [0, 0.05) is 25.3 Å². The largest absolute Gasteiger partial charge is 0.497 e. The molecule has 0 aromatic heterocycles. The van der Waals surface area contributed by atoms with Crippen molar-refractivity contribution in [2.24, 2.45) is 11.3 Å². The van der Waals surface area contributed by atoms with Gasteiger partial charge in [-0.15, -0.1) is 0 Å². The van der Waals surface area contributed by atoms with Gasteiger partial charge in [-0.1, -0.05) is 87.5 Å². The number of carbonyl (C=O) groups excluding carboxylic acids is 2. The Labute approximate surface area is 244 Å². The minimum Gasteiger partial charge on any atom is -0.497 e. The van der Waals surface area contributed by atoms with Crippen molar-refractivity contribution in [2.45, 2.75) is 52.2 Å². The van der Waals surface area contributed by atoms with E-state index in [1.54, 1.807) is 7.11 Å². The first kappa shape index (κ1) is 32.1. The van der Waals surface area contributed by atoms with Gasteiger partial charge in [0.25, 0.3) is 0 Å². The number of hydrogen-bond donors (Lipinski definition) is 3. The Kier molecular flexibility index (Phi) is 11.3. The molecular weight excluding hydrogens is 535 g/mol. The number of likely N-dealkylation sites (N-methyl/N-ethyl adjacent to an activating group) is 1. The van der Waals surface area contributed by atoms with E-state index >= 15 is 0 Å². The first-order valence-corrected chi connectivity index (χ1v) is 16.0. The van der Waals surface area contributed by atoms with Gasteiger partial charge in [-0.2, -0.15) is 0 Å². The molecule has 220 valence electrons. The maximum Gasteiger partial charge on any atom is 0.242 e. The zero-order valence-electron chi connectivity index (χ0n) is 24.7. The number of rotatable bonds is 13. The van der Waals surface area contributed by atoms with Crippen LogP contribution in [0.1, 0.15) is 49.4 Å². The van der Waals surface area contributed by atoms with Crippen LogP contribution < -0.4 is 15.4 Å². The molecule has 3 aromatic rings. The maximum atomic E-state index is 13.5. The van der Waals surface area contributed by atoms with Crippen LogP contribution in [-0.2, 0) is 33.2 Å². The molecule has 2 amide bonds. The molecule has 0 bridgehead atoms. The summed E-state index contributed by atoms with van der Waals surface area (Å²) in [4.78, 5) is 37.2. The topological polar surface area (TPSA) is 105 Å². The molecule has 0 fully saturated rings. The van der Waals surface area contributed by atoms with Crippen LogP contribution in [0.4, 0.5) is 0 Å². The molecule has 0 saturated carbocycles. The standard InChI is InChI=1S/C33H43N2O5P/c1-33(2,3)30(32(37)34-4)35-31(36)28(18-15-24-16-19-29(40-5)20-17-24)23-41(38,39)22-27-13-11-26(12-14-27)21-25-9-7-6-8-10-25/h6-14,16-17,19-20,28,30H,15,18,21-23H2,1-5H3,(H,34,37)(H,35,36)(H,38,39)/t28?,30-/m1/s1. The zero-order valence-corrected chi connectivity index (χ0v) is 25.6. The van der Waals surface area contributed by atoms with Gasteiger partial charge in [-0.25, -0.2) is 0 Å². The van der Waals surface area contributed by atoms with Crippen LogP contribution in [0.2, 0.25) is 0 Å². The molecule has 7 nitrogen and oxygen atoms in total. The van der Waals surface area contributed by atoms with E-state index < -0.39 is 30.7 Å². The van der Waals surface area contributed by atoms with E-state index in [0.717, 1.165) is 28.9 Å². The fourth-order valence-electron chi connectivity index (χ4n) is 4.81. The fraction of sp³-hybridized carbons (Fsp3) is 0.394. The molecule has 3 aromatic carbocycles. The van der Waals surface area contributed by atoms with E-state index in [1.165, 1.54) is 12.6 Å². The lowest BCUT2D eigenvalue weighted by molar-refractivity contribution is -0.133. The number of ether oxygens (including phenoxy) is 1. The highest BCUT2D eigenvalue weighted by atomic mass is 31.2. The molecular formula is C33H43N2O5P. The van der Waals surface area contributed by atoms with Crippen LogP contribution in [0.15, 0.2) is 78.9 Å². The SMILES string of the molecule is CNC(=O)[C@@H](NC(=O)C(CCc1ccc(OC)cc1)CP(=O)(O)Cc1ccc(Cc2ccccc2)cc1)C(C)(C)C. The van der Waals surface area contributed by atoms with Crippen molar-refractivity contribution in [3.8, 4) is 5.75 Å². The van der Waals surface area contributed by atoms with Crippen LogP contribution in [0.3, 0.4) is 0 Å². The van der Waals surface area contributed by atoms with Crippen molar-refractivity contribution in [2.75, 3.05) is 20.3 Å². The monoisotopic (exact) mass is 578 g/mol. The summed E-state index contributed by atoms with van der Waals surface area (Å²) in [6.07, 6.45) is 1.49. The minimum absolute atomic E-state index is 0.0247. The molecule has 0 saturated heterocycles. The second-order valence-corrected chi connectivity index (χ2v) is 14.0. The summed E-state index contributed by atoms with van der Waals surface area (Å²) in [6, 6.07) is 24.6. The molecule has 0 spiro atoms. The molecule has 3 N–H and O–H groups in total. The Hall–Kier alpha value is -3.41. The highest BCUT2D eigenvalue weighted by molar-refractivity contribution is 7.57. The van der Waals surface area contributed by atoms with E-state index in [9.17, 15) is 19.0 Å². The van der Waals surface area contributed by atoms with Crippen molar-refractivity contribution in [3.05, 3.63) is 101 Å². The Morgan fingerprint density at radius 3 is 1.98 bits per heavy atom. The van der Waals surface area contributed by atoms with E-state index in [0.29, 0.717) is 12.8 Å². The van der Waals surface area contributed by atoms with Crippen LogP contribution in [0, 0.1) is 11.3 Å². The maximum absolute atomic E-state index is 13.5. The highest BCUT2D eigenvalue weighted by Crippen LogP contribution is 2.47. The van der Waals surface area contributed by atoms with Crippen molar-refractivity contribution in [1.82, 2.24) is 10.6 Å². The molecule has 0 aliphatic rings. The lowest BCUT2D eigenvalue weighted by Gasteiger charge is -2.31. The molecule has 0 aliphatic heterocycles. The predicted molar refractivity (Wildman–Crippen MR) is 164 cm³/mol. The van der Waals surface area contributed by atoms with Gasteiger partial charge in [0.15, 0.2) is 0 Å². The molecule has 0 radical (unpaired) electrons. The average molecular weight is 579 g/mol. The normalized spacial score (nSPS) is 14.4. The molecule has 2 unspecified atom stereocenters. The number of benzene rings is 3. The summed E-state index contributed by atoms with van der Waals surface area (Å²) in [5, 5.41) is 5.49. The average Bonchev–Trinajstić information content (AvgIpc) is 2.94. The van der Waals surface area contributed by atoms with Crippen molar-refractivity contribution in [3.63, 3.8) is 0 Å². The molecule has 3 rings (SSSR count). The second kappa shape index (κ2) is 14.5. The number of nitrogens with one attached hydrogen (secondary N) is 2. The number of hydrogen-bond acceptors (Lipinski definition) is 4.